The lowest BCUT2D eigenvalue weighted by atomic mass is 10.1. The Balaban J connectivity index is 1.21. The number of aromatic amines is 1. The van der Waals surface area contributed by atoms with Crippen molar-refractivity contribution in [3.05, 3.63) is 63.9 Å². The predicted molar refractivity (Wildman–Crippen MR) is 113 cm³/mol. The molecule has 1 amide bonds. The molecule has 1 aliphatic rings. The van der Waals surface area contributed by atoms with Gasteiger partial charge in [0.25, 0.3) is 0 Å². The van der Waals surface area contributed by atoms with Crippen LogP contribution in [0.2, 0.25) is 0 Å². The molecule has 9 heteroatoms. The van der Waals surface area contributed by atoms with Crippen molar-refractivity contribution in [3.8, 4) is 0 Å². The van der Waals surface area contributed by atoms with Crippen LogP contribution in [0, 0.1) is 6.92 Å². The molecular weight excluding hydrogens is 400 g/mol. The van der Waals surface area contributed by atoms with Crippen LogP contribution in [0.5, 0.6) is 0 Å². The van der Waals surface area contributed by atoms with Gasteiger partial charge < -0.3 is 14.1 Å². The first-order valence-corrected chi connectivity index (χ1v) is 10.2. The third kappa shape index (κ3) is 5.18. The molecule has 1 saturated heterocycles. The first-order valence-electron chi connectivity index (χ1n) is 10.2. The highest BCUT2D eigenvalue weighted by molar-refractivity contribution is 5.98. The van der Waals surface area contributed by atoms with Gasteiger partial charge in [-0.25, -0.2) is 9.59 Å². The molecule has 0 unspecified atom stereocenters. The molecule has 4 rings (SSSR count). The Kier molecular flexibility index (Phi) is 6.13. The number of ketones is 1. The number of amides is 1. The third-order valence-electron chi connectivity index (χ3n) is 5.34. The number of nitrogens with zero attached hydrogens (tertiary/aromatic N) is 3. The monoisotopic (exact) mass is 424 g/mol. The van der Waals surface area contributed by atoms with Gasteiger partial charge in [-0.2, -0.15) is 0 Å². The number of aryl methyl sites for hydroxylation is 1. The zero-order chi connectivity index (χ0) is 21.8. The van der Waals surface area contributed by atoms with Crippen LogP contribution >= 0.6 is 0 Å². The Labute approximate surface area is 178 Å². The summed E-state index contributed by atoms with van der Waals surface area (Å²) in [4.78, 5) is 46.6. The second kappa shape index (κ2) is 9.13. The van der Waals surface area contributed by atoms with E-state index in [0.717, 1.165) is 11.3 Å². The summed E-state index contributed by atoms with van der Waals surface area (Å²) in [5.74, 6) is -0.551. The number of carbonyl (C=O) groups is 2. The van der Waals surface area contributed by atoms with E-state index in [4.69, 9.17) is 9.15 Å². The number of benzene rings is 1. The number of hydrogen-bond donors (Lipinski definition) is 1. The van der Waals surface area contributed by atoms with Crippen LogP contribution in [0.4, 0.5) is 4.79 Å². The fraction of sp³-hybridized carbons (Fsp3) is 0.364. The maximum atomic E-state index is 12.5. The van der Waals surface area contributed by atoms with E-state index in [1.165, 1.54) is 0 Å². The molecule has 1 N–H and O–H groups in total. The molecule has 1 aliphatic heterocycles. The maximum Gasteiger partial charge on any atom is 0.417 e. The van der Waals surface area contributed by atoms with Gasteiger partial charge in [0.05, 0.1) is 11.2 Å². The minimum absolute atomic E-state index is 0.0155. The van der Waals surface area contributed by atoms with Gasteiger partial charge in [0, 0.05) is 50.9 Å². The normalized spacial score (nSPS) is 14.7. The molecule has 0 radical (unpaired) electrons. The van der Waals surface area contributed by atoms with Crippen molar-refractivity contribution < 1.29 is 18.7 Å². The SMILES string of the molecule is Cc1ccnc(COC(=O)N2CCN(CCC(=O)c3ccc4[nH]c(=O)oc4c3)CC2)c1. The fourth-order valence-corrected chi connectivity index (χ4v) is 3.58. The van der Waals surface area contributed by atoms with Crippen molar-refractivity contribution in [2.75, 3.05) is 32.7 Å². The molecule has 0 bridgehead atoms. The van der Waals surface area contributed by atoms with Crippen molar-refractivity contribution in [2.45, 2.75) is 20.0 Å². The van der Waals surface area contributed by atoms with Crippen LogP contribution in [0.15, 0.2) is 45.7 Å². The molecule has 9 nitrogen and oxygen atoms in total. The number of pyridine rings is 1. The summed E-state index contributed by atoms with van der Waals surface area (Å²) in [5.41, 5.74) is 3.26. The van der Waals surface area contributed by atoms with Gasteiger partial charge in [-0.15, -0.1) is 0 Å². The first kappa shape index (κ1) is 20.8. The number of nitrogens with one attached hydrogen (secondary N) is 1. The number of aromatic nitrogens is 2. The van der Waals surface area contributed by atoms with Crippen LogP contribution in [0.25, 0.3) is 11.1 Å². The predicted octanol–water partition coefficient (Wildman–Crippen LogP) is 2.35. The quantitative estimate of drug-likeness (QED) is 0.605. The summed E-state index contributed by atoms with van der Waals surface area (Å²) in [5, 5.41) is 0. The molecule has 0 saturated carbocycles. The number of piperazine rings is 1. The average Bonchev–Trinajstić information content (AvgIpc) is 3.15. The molecule has 2 aromatic heterocycles. The van der Waals surface area contributed by atoms with Crippen molar-refractivity contribution in [1.82, 2.24) is 19.8 Å². The number of fused-ring (bicyclic) bond motifs is 1. The summed E-state index contributed by atoms with van der Waals surface area (Å²) < 4.78 is 10.4. The fourth-order valence-electron chi connectivity index (χ4n) is 3.58. The van der Waals surface area contributed by atoms with E-state index in [9.17, 15) is 14.4 Å². The molecule has 3 aromatic rings. The summed E-state index contributed by atoms with van der Waals surface area (Å²) in [6.45, 7) is 5.18. The van der Waals surface area contributed by atoms with Gasteiger partial charge in [0.2, 0.25) is 0 Å². The highest BCUT2D eigenvalue weighted by Gasteiger charge is 2.23. The van der Waals surface area contributed by atoms with E-state index in [1.54, 1.807) is 29.3 Å². The zero-order valence-electron chi connectivity index (χ0n) is 17.3. The second-order valence-electron chi connectivity index (χ2n) is 7.61. The second-order valence-corrected chi connectivity index (χ2v) is 7.61. The summed E-state index contributed by atoms with van der Waals surface area (Å²) in [6, 6.07) is 8.74. The smallest absolute Gasteiger partial charge is 0.417 e. The number of rotatable bonds is 6. The van der Waals surface area contributed by atoms with Crippen molar-refractivity contribution in [2.24, 2.45) is 0 Å². The van der Waals surface area contributed by atoms with Gasteiger partial charge in [-0.05, 0) is 42.8 Å². The largest absolute Gasteiger partial charge is 0.443 e. The van der Waals surface area contributed by atoms with Crippen LogP contribution in [0.3, 0.4) is 0 Å². The molecule has 1 aromatic carbocycles. The van der Waals surface area contributed by atoms with Crippen LogP contribution in [0.1, 0.15) is 28.0 Å². The Morgan fingerprint density at radius 2 is 1.97 bits per heavy atom. The van der Waals surface area contributed by atoms with Gasteiger partial charge in [-0.1, -0.05) is 0 Å². The first-order chi connectivity index (χ1) is 15.0. The number of carbonyl (C=O) groups excluding carboxylic acids is 2. The van der Waals surface area contributed by atoms with Crippen LogP contribution < -0.4 is 5.76 Å². The molecular formula is C22H24N4O5. The Morgan fingerprint density at radius 3 is 2.74 bits per heavy atom. The van der Waals surface area contributed by atoms with Crippen molar-refractivity contribution in [3.63, 3.8) is 0 Å². The lowest BCUT2D eigenvalue weighted by Crippen LogP contribution is -2.49. The van der Waals surface area contributed by atoms with E-state index in [2.05, 4.69) is 14.9 Å². The van der Waals surface area contributed by atoms with Gasteiger partial charge in [0.1, 0.15) is 6.61 Å². The topological polar surface area (TPSA) is 109 Å². The zero-order valence-corrected chi connectivity index (χ0v) is 17.3. The third-order valence-corrected chi connectivity index (χ3v) is 5.34. The van der Waals surface area contributed by atoms with Crippen molar-refractivity contribution in [1.29, 1.82) is 0 Å². The van der Waals surface area contributed by atoms with E-state index in [1.807, 2.05) is 19.1 Å². The van der Waals surface area contributed by atoms with Gasteiger partial charge in [0.15, 0.2) is 11.4 Å². The summed E-state index contributed by atoms with van der Waals surface area (Å²) in [6.07, 6.45) is 1.70. The van der Waals surface area contributed by atoms with E-state index < -0.39 is 5.76 Å². The highest BCUT2D eigenvalue weighted by Crippen LogP contribution is 2.15. The molecule has 162 valence electrons. The summed E-state index contributed by atoms with van der Waals surface area (Å²) in [7, 11) is 0. The maximum absolute atomic E-state index is 12.5. The molecule has 0 aliphatic carbocycles. The minimum atomic E-state index is -0.536. The number of H-pyrrole nitrogens is 1. The number of oxazole rings is 1. The van der Waals surface area contributed by atoms with Crippen molar-refractivity contribution >= 4 is 23.0 Å². The van der Waals surface area contributed by atoms with Crippen LogP contribution in [-0.4, -0.2) is 64.4 Å². The Hall–Kier alpha value is -3.46. The van der Waals surface area contributed by atoms with Gasteiger partial charge >= 0.3 is 11.8 Å². The van der Waals surface area contributed by atoms with E-state index in [-0.39, 0.29) is 18.5 Å². The molecule has 3 heterocycles. The number of ether oxygens (including phenoxy) is 1. The van der Waals surface area contributed by atoms with E-state index >= 15 is 0 Å². The van der Waals surface area contributed by atoms with E-state index in [0.29, 0.717) is 55.8 Å². The van der Waals surface area contributed by atoms with Gasteiger partial charge in [-0.3, -0.25) is 19.7 Å². The Morgan fingerprint density at radius 1 is 1.16 bits per heavy atom. The Bertz CT molecular complexity index is 1140. The number of Topliss-reactive ketones (excluding diaryl/α,β-unsaturated/α-hetero) is 1. The lowest BCUT2D eigenvalue weighted by Gasteiger charge is -2.33. The average molecular weight is 424 g/mol. The number of hydrogen-bond acceptors (Lipinski definition) is 7. The van der Waals surface area contributed by atoms with Crippen LogP contribution in [-0.2, 0) is 11.3 Å². The molecule has 0 spiro atoms. The lowest BCUT2D eigenvalue weighted by molar-refractivity contribution is 0.0690. The minimum Gasteiger partial charge on any atom is -0.443 e. The molecule has 1 fully saturated rings. The highest BCUT2D eigenvalue weighted by atomic mass is 16.6. The molecule has 31 heavy (non-hydrogen) atoms. The summed E-state index contributed by atoms with van der Waals surface area (Å²) >= 11 is 0. The standard InChI is InChI=1S/C22H24N4O5/c1-15-4-6-23-17(12-15)14-30-22(29)26-10-8-25(9-11-26)7-5-19(27)16-2-3-18-20(13-16)31-21(28)24-18/h2-4,6,12-13H,5,7-11,14H2,1H3,(H,24,28). The molecule has 0 atom stereocenters.